The summed E-state index contributed by atoms with van der Waals surface area (Å²) in [6, 6.07) is 9.89. The molecule has 1 aliphatic heterocycles. The topological polar surface area (TPSA) is 46.3 Å². The van der Waals surface area contributed by atoms with Gasteiger partial charge in [0.25, 0.3) is 0 Å². The van der Waals surface area contributed by atoms with Gasteiger partial charge in [-0.1, -0.05) is 30.3 Å². The standard InChI is InChI=1S/C14H20N2OS/c1-16(12-7-8-18-10-12)14(17)13(15)9-11-5-3-2-4-6-11/h2-6,12-13H,7-10,15H2,1H3/t12?,13-/m0/s1. The molecule has 1 aromatic rings. The first-order chi connectivity index (χ1) is 8.68. The number of nitrogens with zero attached hydrogens (tertiary/aromatic N) is 1. The minimum atomic E-state index is -0.428. The molecule has 4 heteroatoms. The molecule has 0 spiro atoms. The number of carbonyl (C=O) groups excluding carboxylic acids is 1. The van der Waals surface area contributed by atoms with Crippen molar-refractivity contribution >= 4 is 17.7 Å². The highest BCUT2D eigenvalue weighted by Gasteiger charge is 2.27. The predicted molar refractivity (Wildman–Crippen MR) is 76.6 cm³/mol. The lowest BCUT2D eigenvalue weighted by Crippen LogP contribution is -2.47. The fourth-order valence-electron chi connectivity index (χ4n) is 2.22. The van der Waals surface area contributed by atoms with Gasteiger partial charge in [0.05, 0.1) is 6.04 Å². The maximum absolute atomic E-state index is 12.2. The van der Waals surface area contributed by atoms with Crippen LogP contribution in [0.4, 0.5) is 0 Å². The van der Waals surface area contributed by atoms with Crippen molar-refractivity contribution in [3.05, 3.63) is 35.9 Å². The van der Waals surface area contributed by atoms with Crippen molar-refractivity contribution < 1.29 is 4.79 Å². The number of thioether (sulfide) groups is 1. The van der Waals surface area contributed by atoms with Crippen molar-refractivity contribution in [1.29, 1.82) is 0 Å². The minimum Gasteiger partial charge on any atom is -0.341 e. The first kappa shape index (κ1) is 13.4. The second-order valence-corrected chi connectivity index (χ2v) is 5.91. The smallest absolute Gasteiger partial charge is 0.239 e. The highest BCUT2D eigenvalue weighted by molar-refractivity contribution is 7.99. The number of rotatable bonds is 4. The molecule has 1 aliphatic rings. The molecule has 1 fully saturated rings. The van der Waals surface area contributed by atoms with Crippen LogP contribution in [0.2, 0.25) is 0 Å². The van der Waals surface area contributed by atoms with Crippen molar-refractivity contribution in [1.82, 2.24) is 4.90 Å². The Kier molecular flexibility index (Phi) is 4.66. The van der Waals surface area contributed by atoms with E-state index in [9.17, 15) is 4.79 Å². The van der Waals surface area contributed by atoms with Gasteiger partial charge in [-0.3, -0.25) is 4.79 Å². The van der Waals surface area contributed by atoms with E-state index in [-0.39, 0.29) is 5.91 Å². The highest BCUT2D eigenvalue weighted by Crippen LogP contribution is 2.21. The normalized spacial score (nSPS) is 20.7. The third-order valence-corrected chi connectivity index (χ3v) is 4.56. The van der Waals surface area contributed by atoms with Crippen LogP contribution in [-0.4, -0.2) is 41.4 Å². The zero-order chi connectivity index (χ0) is 13.0. The Labute approximate surface area is 113 Å². The summed E-state index contributed by atoms with van der Waals surface area (Å²) in [5.41, 5.74) is 7.14. The summed E-state index contributed by atoms with van der Waals surface area (Å²) in [5, 5.41) is 0. The molecule has 98 valence electrons. The Morgan fingerprint density at radius 3 is 2.83 bits per heavy atom. The molecule has 2 rings (SSSR count). The molecule has 0 bridgehead atoms. The van der Waals surface area contributed by atoms with Crippen molar-refractivity contribution in [3.8, 4) is 0 Å². The zero-order valence-corrected chi connectivity index (χ0v) is 11.5. The van der Waals surface area contributed by atoms with Crippen LogP contribution >= 0.6 is 11.8 Å². The molecule has 2 atom stereocenters. The highest BCUT2D eigenvalue weighted by atomic mass is 32.2. The number of benzene rings is 1. The molecule has 1 aromatic carbocycles. The van der Waals surface area contributed by atoms with Gasteiger partial charge in [0.2, 0.25) is 5.91 Å². The Morgan fingerprint density at radius 1 is 1.50 bits per heavy atom. The average Bonchev–Trinajstić information content (AvgIpc) is 2.92. The molecule has 0 aromatic heterocycles. The van der Waals surface area contributed by atoms with Gasteiger partial charge < -0.3 is 10.6 Å². The lowest BCUT2D eigenvalue weighted by atomic mass is 10.0. The van der Waals surface area contributed by atoms with Crippen LogP contribution in [0, 0.1) is 0 Å². The van der Waals surface area contributed by atoms with Gasteiger partial charge >= 0.3 is 0 Å². The molecule has 0 saturated carbocycles. The van der Waals surface area contributed by atoms with Gasteiger partial charge in [-0.05, 0) is 24.2 Å². The lowest BCUT2D eigenvalue weighted by molar-refractivity contribution is -0.132. The third-order valence-electron chi connectivity index (χ3n) is 3.42. The molecule has 18 heavy (non-hydrogen) atoms. The number of hydrogen-bond donors (Lipinski definition) is 1. The summed E-state index contributed by atoms with van der Waals surface area (Å²) in [6.07, 6.45) is 1.70. The Balaban J connectivity index is 1.91. The SMILES string of the molecule is CN(C(=O)[C@@H](N)Cc1ccccc1)C1CCSC1. The van der Waals surface area contributed by atoms with E-state index in [4.69, 9.17) is 5.73 Å². The van der Waals surface area contributed by atoms with Crippen LogP contribution in [-0.2, 0) is 11.2 Å². The van der Waals surface area contributed by atoms with Crippen LogP contribution < -0.4 is 5.73 Å². The Bertz CT molecular complexity index is 390. The molecular formula is C14H20N2OS. The summed E-state index contributed by atoms with van der Waals surface area (Å²) in [6.45, 7) is 0. The molecular weight excluding hydrogens is 244 g/mol. The van der Waals surface area contributed by atoms with Crippen LogP contribution in [0.15, 0.2) is 30.3 Å². The zero-order valence-electron chi connectivity index (χ0n) is 10.7. The van der Waals surface area contributed by atoms with E-state index in [0.717, 1.165) is 23.5 Å². The minimum absolute atomic E-state index is 0.0614. The van der Waals surface area contributed by atoms with Gasteiger partial charge in [0, 0.05) is 18.8 Å². The quantitative estimate of drug-likeness (QED) is 0.897. The summed E-state index contributed by atoms with van der Waals surface area (Å²) in [7, 11) is 1.88. The monoisotopic (exact) mass is 264 g/mol. The average molecular weight is 264 g/mol. The molecule has 1 heterocycles. The van der Waals surface area contributed by atoms with E-state index in [2.05, 4.69) is 0 Å². The fraction of sp³-hybridized carbons (Fsp3) is 0.500. The predicted octanol–water partition coefficient (Wildman–Crippen LogP) is 1.52. The van der Waals surface area contributed by atoms with Gasteiger partial charge in [0.1, 0.15) is 0 Å². The number of carbonyl (C=O) groups is 1. The third kappa shape index (κ3) is 3.27. The summed E-state index contributed by atoms with van der Waals surface area (Å²) in [5.74, 6) is 2.25. The molecule has 2 N–H and O–H groups in total. The lowest BCUT2D eigenvalue weighted by Gasteiger charge is -2.26. The van der Waals surface area contributed by atoms with Crippen LogP contribution in [0.3, 0.4) is 0 Å². The van der Waals surface area contributed by atoms with Crippen molar-refractivity contribution in [2.45, 2.75) is 24.9 Å². The van der Waals surface area contributed by atoms with Crippen molar-refractivity contribution in [2.75, 3.05) is 18.6 Å². The van der Waals surface area contributed by atoms with Gasteiger partial charge in [-0.2, -0.15) is 11.8 Å². The van der Waals surface area contributed by atoms with E-state index in [1.807, 2.05) is 54.0 Å². The summed E-state index contributed by atoms with van der Waals surface area (Å²) < 4.78 is 0. The largest absolute Gasteiger partial charge is 0.341 e. The van der Waals surface area contributed by atoms with Crippen molar-refractivity contribution in [3.63, 3.8) is 0 Å². The number of hydrogen-bond acceptors (Lipinski definition) is 3. The number of nitrogens with two attached hydrogens (primary N) is 1. The summed E-state index contributed by atoms with van der Waals surface area (Å²) >= 11 is 1.91. The Morgan fingerprint density at radius 2 is 2.22 bits per heavy atom. The molecule has 0 aliphatic carbocycles. The summed E-state index contributed by atoms with van der Waals surface area (Å²) in [4.78, 5) is 14.1. The van der Waals surface area contributed by atoms with Crippen LogP contribution in [0.5, 0.6) is 0 Å². The first-order valence-corrected chi connectivity index (χ1v) is 7.48. The molecule has 1 saturated heterocycles. The van der Waals surface area contributed by atoms with Gasteiger partial charge in [-0.15, -0.1) is 0 Å². The molecule has 3 nitrogen and oxygen atoms in total. The van der Waals surface area contributed by atoms with Crippen LogP contribution in [0.25, 0.3) is 0 Å². The van der Waals surface area contributed by atoms with Gasteiger partial charge in [0.15, 0.2) is 0 Å². The second-order valence-electron chi connectivity index (χ2n) is 4.76. The van der Waals surface area contributed by atoms with E-state index >= 15 is 0 Å². The van der Waals surface area contributed by atoms with E-state index < -0.39 is 6.04 Å². The second kappa shape index (κ2) is 6.25. The molecule has 0 radical (unpaired) electrons. The van der Waals surface area contributed by atoms with E-state index in [0.29, 0.717) is 12.5 Å². The molecule has 1 amide bonds. The van der Waals surface area contributed by atoms with E-state index in [1.165, 1.54) is 0 Å². The first-order valence-electron chi connectivity index (χ1n) is 6.32. The molecule has 1 unspecified atom stereocenters. The maximum atomic E-state index is 12.2. The van der Waals surface area contributed by atoms with Crippen molar-refractivity contribution in [2.24, 2.45) is 5.73 Å². The maximum Gasteiger partial charge on any atom is 0.239 e. The van der Waals surface area contributed by atoms with E-state index in [1.54, 1.807) is 0 Å². The van der Waals surface area contributed by atoms with Crippen LogP contribution in [0.1, 0.15) is 12.0 Å². The number of likely N-dealkylation sites (N-methyl/N-ethyl adjacent to an activating group) is 1. The number of amides is 1. The van der Waals surface area contributed by atoms with Gasteiger partial charge in [-0.25, -0.2) is 0 Å². The Hall–Kier alpha value is -1.00. The fourth-order valence-corrected chi connectivity index (χ4v) is 3.49.